The Kier molecular flexibility index (Phi) is 5.35. The number of carboxylic acids is 1. The second-order valence-electron chi connectivity index (χ2n) is 6.16. The summed E-state index contributed by atoms with van der Waals surface area (Å²) in [4.78, 5) is 23.8. The smallest absolute Gasteiger partial charge is 0.329 e. The van der Waals surface area contributed by atoms with Crippen molar-refractivity contribution < 1.29 is 14.7 Å². The molecular weight excluding hydrogens is 244 g/mol. The van der Waals surface area contributed by atoms with E-state index in [2.05, 4.69) is 5.32 Å². The van der Waals surface area contributed by atoms with Gasteiger partial charge >= 0.3 is 5.97 Å². The van der Waals surface area contributed by atoms with E-state index in [1.54, 1.807) is 0 Å². The van der Waals surface area contributed by atoms with Gasteiger partial charge in [0.05, 0.1) is 5.92 Å². The number of nitrogens with two attached hydrogens (primary N) is 1. The fourth-order valence-electron chi connectivity index (χ4n) is 2.92. The number of carboxylic acid groups (broad SMARTS) is 1. The number of amides is 1. The molecule has 4 N–H and O–H groups in total. The number of hydrogen-bond acceptors (Lipinski definition) is 3. The van der Waals surface area contributed by atoms with E-state index in [1.807, 2.05) is 20.8 Å². The molecule has 0 saturated heterocycles. The van der Waals surface area contributed by atoms with Gasteiger partial charge in [-0.1, -0.05) is 33.6 Å². The first-order valence-corrected chi connectivity index (χ1v) is 7.08. The van der Waals surface area contributed by atoms with Crippen molar-refractivity contribution in [1.29, 1.82) is 0 Å². The highest BCUT2D eigenvalue weighted by atomic mass is 16.4. The SMILES string of the molecule is CC1CCCC(NC(=O)C(CN)C(C)C)(C(=O)O)C1. The zero-order valence-electron chi connectivity index (χ0n) is 12.1. The van der Waals surface area contributed by atoms with Crippen LogP contribution in [0, 0.1) is 17.8 Å². The highest BCUT2D eigenvalue weighted by molar-refractivity contribution is 5.88. The predicted octanol–water partition coefficient (Wildman–Crippen LogP) is 1.37. The molecule has 110 valence electrons. The largest absolute Gasteiger partial charge is 0.480 e. The maximum atomic E-state index is 12.2. The van der Waals surface area contributed by atoms with Crippen molar-refractivity contribution >= 4 is 11.9 Å². The summed E-state index contributed by atoms with van der Waals surface area (Å²) in [6.45, 7) is 6.13. The Morgan fingerprint density at radius 1 is 1.47 bits per heavy atom. The molecule has 1 fully saturated rings. The third kappa shape index (κ3) is 3.69. The van der Waals surface area contributed by atoms with Gasteiger partial charge in [-0.25, -0.2) is 4.79 Å². The summed E-state index contributed by atoms with van der Waals surface area (Å²) in [5.41, 5.74) is 4.52. The van der Waals surface area contributed by atoms with Gasteiger partial charge in [-0.2, -0.15) is 0 Å². The van der Waals surface area contributed by atoms with Crippen molar-refractivity contribution in [2.24, 2.45) is 23.5 Å². The van der Waals surface area contributed by atoms with Crippen molar-refractivity contribution in [2.75, 3.05) is 6.54 Å². The van der Waals surface area contributed by atoms with Gasteiger partial charge in [-0.3, -0.25) is 4.79 Å². The van der Waals surface area contributed by atoms with Crippen LogP contribution in [-0.2, 0) is 9.59 Å². The van der Waals surface area contributed by atoms with Crippen LogP contribution in [0.3, 0.4) is 0 Å². The first-order valence-electron chi connectivity index (χ1n) is 7.08. The Morgan fingerprint density at radius 3 is 2.53 bits per heavy atom. The van der Waals surface area contributed by atoms with Gasteiger partial charge in [0, 0.05) is 6.54 Å². The zero-order valence-corrected chi connectivity index (χ0v) is 12.1. The Balaban J connectivity index is 2.84. The van der Waals surface area contributed by atoms with Gasteiger partial charge in [-0.05, 0) is 24.7 Å². The molecule has 3 unspecified atom stereocenters. The predicted molar refractivity (Wildman–Crippen MR) is 73.5 cm³/mol. The molecule has 0 spiro atoms. The molecule has 1 rings (SSSR count). The summed E-state index contributed by atoms with van der Waals surface area (Å²) in [7, 11) is 0. The lowest BCUT2D eigenvalue weighted by atomic mass is 9.76. The normalized spacial score (nSPS) is 29.0. The molecule has 0 radical (unpaired) electrons. The lowest BCUT2D eigenvalue weighted by Gasteiger charge is -2.38. The Hall–Kier alpha value is -1.10. The monoisotopic (exact) mass is 270 g/mol. The topological polar surface area (TPSA) is 92.4 Å². The molecule has 5 heteroatoms. The summed E-state index contributed by atoms with van der Waals surface area (Å²) < 4.78 is 0. The van der Waals surface area contributed by atoms with Gasteiger partial charge in [0.15, 0.2) is 0 Å². The van der Waals surface area contributed by atoms with E-state index in [9.17, 15) is 14.7 Å². The molecule has 1 amide bonds. The summed E-state index contributed by atoms with van der Waals surface area (Å²) in [6.07, 6.45) is 2.87. The van der Waals surface area contributed by atoms with Gasteiger partial charge in [0.25, 0.3) is 0 Å². The average molecular weight is 270 g/mol. The second-order valence-corrected chi connectivity index (χ2v) is 6.16. The third-order valence-corrected chi connectivity index (χ3v) is 4.16. The minimum atomic E-state index is -1.10. The molecule has 19 heavy (non-hydrogen) atoms. The molecule has 0 aromatic heterocycles. The van der Waals surface area contributed by atoms with E-state index in [1.165, 1.54) is 0 Å². The number of rotatable bonds is 5. The number of carbonyl (C=O) groups is 2. The molecule has 0 aromatic rings. The molecular formula is C14H26N2O3. The van der Waals surface area contributed by atoms with E-state index in [0.717, 1.165) is 12.8 Å². The van der Waals surface area contributed by atoms with Gasteiger partial charge in [-0.15, -0.1) is 0 Å². The minimum Gasteiger partial charge on any atom is -0.480 e. The van der Waals surface area contributed by atoms with Crippen molar-refractivity contribution in [3.05, 3.63) is 0 Å². The molecule has 0 aliphatic heterocycles. The van der Waals surface area contributed by atoms with Crippen LogP contribution in [0.4, 0.5) is 0 Å². The summed E-state index contributed by atoms with van der Waals surface area (Å²) in [5, 5.41) is 12.3. The van der Waals surface area contributed by atoms with Crippen LogP contribution in [-0.4, -0.2) is 29.1 Å². The number of carbonyl (C=O) groups excluding carboxylic acids is 1. The van der Waals surface area contributed by atoms with Gasteiger partial charge in [0.2, 0.25) is 5.91 Å². The van der Waals surface area contributed by atoms with Crippen molar-refractivity contribution in [1.82, 2.24) is 5.32 Å². The zero-order chi connectivity index (χ0) is 14.6. The number of nitrogens with one attached hydrogen (secondary N) is 1. The molecule has 3 atom stereocenters. The van der Waals surface area contributed by atoms with Crippen LogP contribution in [0.1, 0.15) is 46.5 Å². The molecule has 1 aliphatic rings. The maximum absolute atomic E-state index is 12.2. The molecule has 1 aliphatic carbocycles. The van der Waals surface area contributed by atoms with E-state index in [4.69, 9.17) is 5.73 Å². The fraction of sp³-hybridized carbons (Fsp3) is 0.857. The highest BCUT2D eigenvalue weighted by Crippen LogP contribution is 2.33. The van der Waals surface area contributed by atoms with Gasteiger partial charge < -0.3 is 16.2 Å². The number of aliphatic carboxylic acids is 1. The third-order valence-electron chi connectivity index (χ3n) is 4.16. The van der Waals surface area contributed by atoms with E-state index in [0.29, 0.717) is 18.8 Å². The highest BCUT2D eigenvalue weighted by Gasteiger charge is 2.44. The molecule has 1 saturated carbocycles. The van der Waals surface area contributed by atoms with Crippen molar-refractivity contribution in [2.45, 2.75) is 52.0 Å². The first kappa shape index (κ1) is 16.0. The van der Waals surface area contributed by atoms with Gasteiger partial charge in [0.1, 0.15) is 5.54 Å². The van der Waals surface area contributed by atoms with E-state index < -0.39 is 11.5 Å². The second kappa shape index (κ2) is 6.37. The standard InChI is InChI=1S/C14H26N2O3/c1-9(2)11(8-15)12(17)16-14(13(18)19)6-4-5-10(3)7-14/h9-11H,4-8,15H2,1-3H3,(H,16,17)(H,18,19). The molecule has 5 nitrogen and oxygen atoms in total. The van der Waals surface area contributed by atoms with Crippen LogP contribution < -0.4 is 11.1 Å². The van der Waals surface area contributed by atoms with E-state index >= 15 is 0 Å². The fourth-order valence-corrected chi connectivity index (χ4v) is 2.92. The van der Waals surface area contributed by atoms with Crippen molar-refractivity contribution in [3.63, 3.8) is 0 Å². The molecule has 0 heterocycles. The van der Waals surface area contributed by atoms with Crippen LogP contribution in [0.15, 0.2) is 0 Å². The van der Waals surface area contributed by atoms with Crippen LogP contribution in [0.25, 0.3) is 0 Å². The lowest BCUT2D eigenvalue weighted by Crippen LogP contribution is -2.59. The Morgan fingerprint density at radius 2 is 2.11 bits per heavy atom. The lowest BCUT2D eigenvalue weighted by molar-refractivity contribution is -0.151. The molecule has 0 bridgehead atoms. The average Bonchev–Trinajstić information content (AvgIpc) is 2.28. The summed E-state index contributed by atoms with van der Waals surface area (Å²) >= 11 is 0. The Labute approximate surface area is 114 Å². The summed E-state index contributed by atoms with van der Waals surface area (Å²) in [6, 6.07) is 0. The van der Waals surface area contributed by atoms with Crippen molar-refractivity contribution in [3.8, 4) is 0 Å². The van der Waals surface area contributed by atoms with Crippen LogP contribution in [0.2, 0.25) is 0 Å². The quantitative estimate of drug-likeness (QED) is 0.703. The Bertz CT molecular complexity index is 344. The van der Waals surface area contributed by atoms with Crippen LogP contribution >= 0.6 is 0 Å². The molecule has 0 aromatic carbocycles. The summed E-state index contributed by atoms with van der Waals surface area (Å²) in [5.74, 6) is -1.05. The maximum Gasteiger partial charge on any atom is 0.329 e. The number of hydrogen-bond donors (Lipinski definition) is 3. The minimum absolute atomic E-state index is 0.108. The van der Waals surface area contributed by atoms with Crippen LogP contribution in [0.5, 0.6) is 0 Å². The first-order chi connectivity index (χ1) is 8.82. The van der Waals surface area contributed by atoms with E-state index in [-0.39, 0.29) is 24.3 Å².